The van der Waals surface area contributed by atoms with E-state index in [2.05, 4.69) is 46.1 Å². The predicted molar refractivity (Wildman–Crippen MR) is 85.5 cm³/mol. The highest BCUT2D eigenvalue weighted by Gasteiger charge is 2.19. The van der Waals surface area contributed by atoms with E-state index >= 15 is 0 Å². The molecule has 0 aromatic heterocycles. The van der Waals surface area contributed by atoms with E-state index in [1.54, 1.807) is 0 Å². The second kappa shape index (κ2) is 5.92. The molecular formula is C16H16INO. The Bertz CT molecular complexity index is 566. The lowest BCUT2D eigenvalue weighted by molar-refractivity contribution is 0.481. The third kappa shape index (κ3) is 3.94. The van der Waals surface area contributed by atoms with Crippen molar-refractivity contribution in [1.82, 2.24) is 5.32 Å². The maximum Gasteiger partial charge on any atom is 0.128 e. The largest absolute Gasteiger partial charge is 0.457 e. The van der Waals surface area contributed by atoms with Crippen molar-refractivity contribution in [1.29, 1.82) is 0 Å². The Balaban J connectivity index is 1.67. The Morgan fingerprint density at radius 2 is 1.79 bits per heavy atom. The van der Waals surface area contributed by atoms with E-state index in [0.717, 1.165) is 24.1 Å². The first-order valence-corrected chi connectivity index (χ1v) is 7.63. The Kier molecular flexibility index (Phi) is 4.03. The number of ether oxygens (including phenoxy) is 1. The fourth-order valence-electron chi connectivity index (χ4n) is 1.94. The fourth-order valence-corrected chi connectivity index (χ4v) is 2.45. The van der Waals surface area contributed by atoms with Gasteiger partial charge in [0, 0.05) is 16.2 Å². The van der Waals surface area contributed by atoms with E-state index in [1.165, 1.54) is 22.0 Å². The Morgan fingerprint density at radius 3 is 2.53 bits per heavy atom. The first-order valence-electron chi connectivity index (χ1n) is 6.55. The standard InChI is InChI=1S/C16H16INO/c17-13-4-2-6-16(10-13)19-15-5-1-3-12(9-15)11-18-14-7-8-14/h1-6,9-10,14,18H,7-8,11H2. The maximum atomic E-state index is 5.89. The SMILES string of the molecule is Ic1cccc(Oc2cccc(CNC3CC3)c2)c1. The topological polar surface area (TPSA) is 21.3 Å². The molecule has 0 amide bonds. The van der Waals surface area contributed by atoms with Crippen LogP contribution in [0, 0.1) is 3.57 Å². The maximum absolute atomic E-state index is 5.89. The monoisotopic (exact) mass is 365 g/mol. The van der Waals surface area contributed by atoms with Crippen LogP contribution in [0.5, 0.6) is 11.5 Å². The minimum atomic E-state index is 0.736. The molecular weight excluding hydrogens is 349 g/mol. The molecule has 1 aliphatic rings. The van der Waals surface area contributed by atoms with Crippen molar-refractivity contribution in [2.75, 3.05) is 0 Å². The lowest BCUT2D eigenvalue weighted by Crippen LogP contribution is -2.15. The van der Waals surface area contributed by atoms with Crippen molar-refractivity contribution in [2.24, 2.45) is 0 Å². The Hall–Kier alpha value is -1.07. The summed E-state index contributed by atoms with van der Waals surface area (Å²) < 4.78 is 7.07. The lowest BCUT2D eigenvalue weighted by Gasteiger charge is -2.08. The molecule has 0 spiro atoms. The summed E-state index contributed by atoms with van der Waals surface area (Å²) in [6.07, 6.45) is 2.64. The number of halogens is 1. The Labute approximate surface area is 127 Å². The van der Waals surface area contributed by atoms with Crippen LogP contribution in [0.1, 0.15) is 18.4 Å². The van der Waals surface area contributed by atoms with Crippen molar-refractivity contribution in [3.05, 3.63) is 57.7 Å². The second-order valence-electron chi connectivity index (χ2n) is 4.86. The van der Waals surface area contributed by atoms with Gasteiger partial charge in [-0.3, -0.25) is 0 Å². The molecule has 2 aromatic carbocycles. The summed E-state index contributed by atoms with van der Waals surface area (Å²) in [5.41, 5.74) is 1.27. The van der Waals surface area contributed by atoms with E-state index in [9.17, 15) is 0 Å². The van der Waals surface area contributed by atoms with Gasteiger partial charge in [-0.05, 0) is 71.3 Å². The van der Waals surface area contributed by atoms with E-state index in [0.29, 0.717) is 0 Å². The average molecular weight is 365 g/mol. The first kappa shape index (κ1) is 12.9. The van der Waals surface area contributed by atoms with Crippen LogP contribution < -0.4 is 10.1 Å². The van der Waals surface area contributed by atoms with Crippen molar-refractivity contribution in [2.45, 2.75) is 25.4 Å². The van der Waals surface area contributed by atoms with Gasteiger partial charge < -0.3 is 10.1 Å². The van der Waals surface area contributed by atoms with Gasteiger partial charge in [0.05, 0.1) is 0 Å². The molecule has 3 rings (SSSR count). The molecule has 0 unspecified atom stereocenters. The van der Waals surface area contributed by atoms with Crippen LogP contribution in [0.25, 0.3) is 0 Å². The van der Waals surface area contributed by atoms with Crippen molar-refractivity contribution >= 4 is 22.6 Å². The molecule has 0 radical (unpaired) electrons. The lowest BCUT2D eigenvalue weighted by atomic mass is 10.2. The molecule has 1 fully saturated rings. The highest BCUT2D eigenvalue weighted by molar-refractivity contribution is 14.1. The number of nitrogens with one attached hydrogen (secondary N) is 1. The minimum Gasteiger partial charge on any atom is -0.457 e. The molecule has 0 saturated heterocycles. The zero-order chi connectivity index (χ0) is 13.1. The van der Waals surface area contributed by atoms with Crippen LogP contribution in [0.15, 0.2) is 48.5 Å². The van der Waals surface area contributed by atoms with E-state index < -0.39 is 0 Å². The summed E-state index contributed by atoms with van der Waals surface area (Å²) in [6, 6.07) is 17.1. The van der Waals surface area contributed by atoms with Gasteiger partial charge in [-0.15, -0.1) is 0 Å². The van der Waals surface area contributed by atoms with Crippen LogP contribution in [0.4, 0.5) is 0 Å². The average Bonchev–Trinajstić information content (AvgIpc) is 3.21. The zero-order valence-corrected chi connectivity index (χ0v) is 12.8. The molecule has 2 nitrogen and oxygen atoms in total. The van der Waals surface area contributed by atoms with Gasteiger partial charge in [0.15, 0.2) is 0 Å². The van der Waals surface area contributed by atoms with Crippen LogP contribution in [-0.2, 0) is 6.54 Å². The molecule has 2 aromatic rings. The van der Waals surface area contributed by atoms with Crippen molar-refractivity contribution < 1.29 is 4.74 Å². The van der Waals surface area contributed by atoms with Crippen LogP contribution in [-0.4, -0.2) is 6.04 Å². The molecule has 0 bridgehead atoms. The van der Waals surface area contributed by atoms with Gasteiger partial charge in [0.1, 0.15) is 11.5 Å². The molecule has 98 valence electrons. The summed E-state index contributed by atoms with van der Waals surface area (Å²) in [5, 5.41) is 3.52. The van der Waals surface area contributed by atoms with E-state index in [1.807, 2.05) is 30.3 Å². The van der Waals surface area contributed by atoms with Crippen molar-refractivity contribution in [3.63, 3.8) is 0 Å². The summed E-state index contributed by atoms with van der Waals surface area (Å²) >= 11 is 2.29. The fraction of sp³-hybridized carbons (Fsp3) is 0.250. The van der Waals surface area contributed by atoms with Gasteiger partial charge in [-0.2, -0.15) is 0 Å². The number of rotatable bonds is 5. The molecule has 1 saturated carbocycles. The van der Waals surface area contributed by atoms with Gasteiger partial charge >= 0.3 is 0 Å². The smallest absolute Gasteiger partial charge is 0.128 e. The molecule has 1 aliphatic carbocycles. The van der Waals surface area contributed by atoms with Crippen LogP contribution in [0.3, 0.4) is 0 Å². The van der Waals surface area contributed by atoms with Crippen molar-refractivity contribution in [3.8, 4) is 11.5 Å². The molecule has 19 heavy (non-hydrogen) atoms. The molecule has 1 N–H and O–H groups in total. The van der Waals surface area contributed by atoms with Gasteiger partial charge in [0.25, 0.3) is 0 Å². The third-order valence-corrected chi connectivity index (χ3v) is 3.77. The summed E-state index contributed by atoms with van der Waals surface area (Å²) in [7, 11) is 0. The summed E-state index contributed by atoms with van der Waals surface area (Å²) in [6.45, 7) is 0.925. The summed E-state index contributed by atoms with van der Waals surface area (Å²) in [5.74, 6) is 1.79. The normalized spacial score (nSPS) is 14.4. The highest BCUT2D eigenvalue weighted by Crippen LogP contribution is 2.24. The van der Waals surface area contributed by atoms with Crippen LogP contribution in [0.2, 0.25) is 0 Å². The number of hydrogen-bond donors (Lipinski definition) is 1. The zero-order valence-electron chi connectivity index (χ0n) is 10.6. The molecule has 3 heteroatoms. The quantitative estimate of drug-likeness (QED) is 0.797. The van der Waals surface area contributed by atoms with Crippen LogP contribution >= 0.6 is 22.6 Å². The first-order chi connectivity index (χ1) is 9.29. The highest BCUT2D eigenvalue weighted by atomic mass is 127. The predicted octanol–water partition coefficient (Wildman–Crippen LogP) is 4.34. The van der Waals surface area contributed by atoms with E-state index in [-0.39, 0.29) is 0 Å². The Morgan fingerprint density at radius 1 is 1.05 bits per heavy atom. The second-order valence-corrected chi connectivity index (χ2v) is 6.11. The molecule has 0 aliphatic heterocycles. The van der Waals surface area contributed by atoms with Gasteiger partial charge in [0.2, 0.25) is 0 Å². The van der Waals surface area contributed by atoms with Gasteiger partial charge in [-0.25, -0.2) is 0 Å². The summed E-state index contributed by atoms with van der Waals surface area (Å²) in [4.78, 5) is 0. The molecule has 0 heterocycles. The minimum absolute atomic E-state index is 0.736. The number of benzene rings is 2. The molecule has 0 atom stereocenters. The third-order valence-electron chi connectivity index (χ3n) is 3.10. The van der Waals surface area contributed by atoms with E-state index in [4.69, 9.17) is 4.74 Å². The van der Waals surface area contributed by atoms with Gasteiger partial charge in [-0.1, -0.05) is 18.2 Å². The number of hydrogen-bond acceptors (Lipinski definition) is 2.